The molecule has 4 aromatic rings. The summed E-state index contributed by atoms with van der Waals surface area (Å²) in [7, 11) is 0. The SMILES string of the molecule is Cc1c(NC(=S)NC(=O)c2cccs2)cccc1-c1nc2ccccc2o1. The number of carbonyl (C=O) groups is 1. The number of anilines is 1. The van der Waals surface area contributed by atoms with Gasteiger partial charge in [0.2, 0.25) is 5.89 Å². The first-order chi connectivity index (χ1) is 13.1. The van der Waals surface area contributed by atoms with Crippen molar-refractivity contribution in [3.63, 3.8) is 0 Å². The summed E-state index contributed by atoms with van der Waals surface area (Å²) >= 11 is 6.64. The van der Waals surface area contributed by atoms with E-state index in [1.807, 2.05) is 60.8 Å². The molecule has 0 aliphatic carbocycles. The smallest absolute Gasteiger partial charge is 0.267 e. The lowest BCUT2D eigenvalue weighted by Gasteiger charge is -2.13. The highest BCUT2D eigenvalue weighted by Crippen LogP contribution is 2.30. The number of thiocarbonyl (C=S) groups is 1. The first kappa shape index (κ1) is 17.4. The Morgan fingerprint density at radius 3 is 2.74 bits per heavy atom. The molecule has 5 nitrogen and oxygen atoms in total. The molecule has 4 rings (SSSR count). The van der Waals surface area contributed by atoms with E-state index in [4.69, 9.17) is 16.6 Å². The van der Waals surface area contributed by atoms with Gasteiger partial charge in [-0.25, -0.2) is 4.98 Å². The zero-order valence-corrected chi connectivity index (χ0v) is 16.0. The van der Waals surface area contributed by atoms with E-state index >= 15 is 0 Å². The molecular weight excluding hydrogens is 378 g/mol. The average Bonchev–Trinajstić information content (AvgIpc) is 3.33. The number of aromatic nitrogens is 1. The van der Waals surface area contributed by atoms with Gasteiger partial charge in [0.1, 0.15) is 5.52 Å². The van der Waals surface area contributed by atoms with Crippen LogP contribution in [-0.2, 0) is 0 Å². The van der Waals surface area contributed by atoms with Crippen LogP contribution in [0.1, 0.15) is 15.2 Å². The van der Waals surface area contributed by atoms with E-state index in [9.17, 15) is 4.79 Å². The summed E-state index contributed by atoms with van der Waals surface area (Å²) in [6, 6.07) is 16.9. The summed E-state index contributed by atoms with van der Waals surface area (Å²) < 4.78 is 5.87. The number of rotatable bonds is 3. The van der Waals surface area contributed by atoms with Crippen LogP contribution in [0.3, 0.4) is 0 Å². The normalized spacial score (nSPS) is 10.7. The van der Waals surface area contributed by atoms with Crippen LogP contribution in [0.25, 0.3) is 22.6 Å². The molecular formula is C20H15N3O2S2. The highest BCUT2D eigenvalue weighted by atomic mass is 32.1. The predicted molar refractivity (Wildman–Crippen MR) is 112 cm³/mol. The van der Waals surface area contributed by atoms with Crippen LogP contribution in [0, 0.1) is 6.92 Å². The van der Waals surface area contributed by atoms with E-state index in [0.717, 1.165) is 27.9 Å². The molecule has 2 heterocycles. The number of benzene rings is 2. The van der Waals surface area contributed by atoms with Crippen molar-refractivity contribution in [2.45, 2.75) is 6.92 Å². The van der Waals surface area contributed by atoms with Crippen LogP contribution in [0.2, 0.25) is 0 Å². The Kier molecular flexibility index (Phi) is 4.70. The van der Waals surface area contributed by atoms with Gasteiger partial charge in [-0.15, -0.1) is 11.3 Å². The van der Waals surface area contributed by atoms with Gasteiger partial charge in [0.25, 0.3) is 5.91 Å². The van der Waals surface area contributed by atoms with Crippen molar-refractivity contribution in [1.82, 2.24) is 10.3 Å². The number of hydrogen-bond acceptors (Lipinski definition) is 5. The zero-order valence-electron chi connectivity index (χ0n) is 14.4. The molecule has 0 radical (unpaired) electrons. The number of nitrogens with one attached hydrogen (secondary N) is 2. The van der Waals surface area contributed by atoms with Crippen molar-refractivity contribution in [2.24, 2.45) is 0 Å². The van der Waals surface area contributed by atoms with Gasteiger partial charge in [-0.05, 0) is 60.4 Å². The van der Waals surface area contributed by atoms with E-state index in [1.54, 1.807) is 6.07 Å². The Labute approximate surface area is 165 Å². The summed E-state index contributed by atoms with van der Waals surface area (Å²) in [5, 5.41) is 7.86. The van der Waals surface area contributed by atoms with Crippen molar-refractivity contribution in [1.29, 1.82) is 0 Å². The fourth-order valence-corrected chi connectivity index (χ4v) is 3.54. The minimum Gasteiger partial charge on any atom is -0.436 e. The van der Waals surface area contributed by atoms with E-state index in [0.29, 0.717) is 10.8 Å². The second-order valence-electron chi connectivity index (χ2n) is 5.85. The summed E-state index contributed by atoms with van der Waals surface area (Å²) in [4.78, 5) is 17.3. The van der Waals surface area contributed by atoms with E-state index in [2.05, 4.69) is 15.6 Å². The van der Waals surface area contributed by atoms with Gasteiger partial charge >= 0.3 is 0 Å². The molecule has 0 atom stereocenters. The molecule has 0 saturated heterocycles. The number of hydrogen-bond donors (Lipinski definition) is 2. The molecule has 1 amide bonds. The third kappa shape index (κ3) is 3.60. The number of carbonyl (C=O) groups excluding carboxylic acids is 1. The molecule has 0 bridgehead atoms. The standard InChI is InChI=1S/C20H15N3O2S2/c1-12-13(19-21-15-7-2-3-9-16(15)25-19)6-4-8-14(12)22-20(26)23-18(24)17-10-5-11-27-17/h2-11H,1H3,(H2,22,23,24,26). The van der Waals surface area contributed by atoms with E-state index in [1.165, 1.54) is 11.3 Å². The predicted octanol–water partition coefficient (Wildman–Crippen LogP) is 4.99. The van der Waals surface area contributed by atoms with Crippen LogP contribution < -0.4 is 10.6 Å². The minimum absolute atomic E-state index is 0.227. The number of nitrogens with zero attached hydrogens (tertiary/aromatic N) is 1. The number of fused-ring (bicyclic) bond motifs is 1. The Bertz CT molecular complexity index is 1100. The Morgan fingerprint density at radius 1 is 1.11 bits per heavy atom. The van der Waals surface area contributed by atoms with Gasteiger partial charge in [-0.2, -0.15) is 0 Å². The zero-order chi connectivity index (χ0) is 18.8. The highest BCUT2D eigenvalue weighted by Gasteiger charge is 2.14. The third-order valence-electron chi connectivity index (χ3n) is 4.08. The van der Waals surface area contributed by atoms with Crippen molar-refractivity contribution < 1.29 is 9.21 Å². The van der Waals surface area contributed by atoms with Gasteiger partial charge in [0.15, 0.2) is 10.7 Å². The Hall–Kier alpha value is -3.03. The van der Waals surface area contributed by atoms with Crippen LogP contribution in [0.5, 0.6) is 0 Å². The van der Waals surface area contributed by atoms with E-state index < -0.39 is 0 Å². The topological polar surface area (TPSA) is 67.2 Å². The largest absolute Gasteiger partial charge is 0.436 e. The number of para-hydroxylation sites is 2. The van der Waals surface area contributed by atoms with Gasteiger partial charge in [0, 0.05) is 11.3 Å². The van der Waals surface area contributed by atoms with Crippen LogP contribution in [0.4, 0.5) is 5.69 Å². The maximum absolute atomic E-state index is 12.1. The van der Waals surface area contributed by atoms with Crippen molar-refractivity contribution in [3.8, 4) is 11.5 Å². The average molecular weight is 393 g/mol. The fourth-order valence-electron chi connectivity index (χ4n) is 2.72. The van der Waals surface area contributed by atoms with E-state index in [-0.39, 0.29) is 11.0 Å². The van der Waals surface area contributed by atoms with Gasteiger partial charge < -0.3 is 9.73 Å². The molecule has 0 fully saturated rings. The summed E-state index contributed by atoms with van der Waals surface area (Å²) in [5.74, 6) is 0.321. The lowest BCUT2D eigenvalue weighted by Crippen LogP contribution is -2.33. The lowest BCUT2D eigenvalue weighted by atomic mass is 10.1. The first-order valence-electron chi connectivity index (χ1n) is 8.23. The van der Waals surface area contributed by atoms with Gasteiger partial charge in [0.05, 0.1) is 4.88 Å². The third-order valence-corrected chi connectivity index (χ3v) is 5.15. The second-order valence-corrected chi connectivity index (χ2v) is 7.21. The molecule has 0 aliphatic heterocycles. The van der Waals surface area contributed by atoms with Crippen molar-refractivity contribution >= 4 is 51.4 Å². The number of thiophene rings is 1. The summed E-state index contributed by atoms with van der Waals surface area (Å²) in [6.07, 6.45) is 0. The Balaban J connectivity index is 1.56. The van der Waals surface area contributed by atoms with Crippen LogP contribution >= 0.6 is 23.6 Å². The van der Waals surface area contributed by atoms with Gasteiger partial charge in [-0.1, -0.05) is 24.3 Å². The number of oxazole rings is 1. The molecule has 7 heteroatoms. The summed E-state index contributed by atoms with van der Waals surface area (Å²) in [5.41, 5.74) is 4.12. The summed E-state index contributed by atoms with van der Waals surface area (Å²) in [6.45, 7) is 1.95. The van der Waals surface area contributed by atoms with Crippen LogP contribution in [-0.4, -0.2) is 16.0 Å². The molecule has 27 heavy (non-hydrogen) atoms. The molecule has 0 unspecified atom stereocenters. The van der Waals surface area contributed by atoms with Crippen LogP contribution in [0.15, 0.2) is 64.4 Å². The lowest BCUT2D eigenvalue weighted by molar-refractivity contribution is 0.0981. The minimum atomic E-state index is -0.227. The second kappa shape index (κ2) is 7.30. The quantitative estimate of drug-likeness (QED) is 0.480. The molecule has 2 N–H and O–H groups in total. The molecule has 0 aliphatic rings. The monoisotopic (exact) mass is 393 g/mol. The molecule has 0 spiro atoms. The van der Waals surface area contributed by atoms with Crippen molar-refractivity contribution in [3.05, 3.63) is 70.4 Å². The molecule has 0 saturated carbocycles. The molecule has 134 valence electrons. The molecule has 2 aromatic heterocycles. The maximum atomic E-state index is 12.1. The van der Waals surface area contributed by atoms with Crippen molar-refractivity contribution in [2.75, 3.05) is 5.32 Å². The first-order valence-corrected chi connectivity index (χ1v) is 9.52. The maximum Gasteiger partial charge on any atom is 0.267 e. The van der Waals surface area contributed by atoms with Gasteiger partial charge in [-0.3, -0.25) is 10.1 Å². The Morgan fingerprint density at radius 2 is 1.96 bits per heavy atom. The fraction of sp³-hybridized carbons (Fsp3) is 0.0500. The number of amides is 1. The molecule has 2 aromatic carbocycles. The highest BCUT2D eigenvalue weighted by molar-refractivity contribution is 7.80.